The summed E-state index contributed by atoms with van der Waals surface area (Å²) in [5, 5.41) is 7.11. The molecule has 0 radical (unpaired) electrons. The Kier molecular flexibility index (Phi) is 4.26. The summed E-state index contributed by atoms with van der Waals surface area (Å²) in [6.45, 7) is 2.42. The number of hydrazine groups is 1. The summed E-state index contributed by atoms with van der Waals surface area (Å²) in [4.78, 5) is 19.9. The van der Waals surface area contributed by atoms with Crippen LogP contribution in [0.5, 0.6) is 0 Å². The first kappa shape index (κ1) is 13.9. The van der Waals surface area contributed by atoms with E-state index in [4.69, 9.17) is 5.84 Å². The van der Waals surface area contributed by atoms with Crippen molar-refractivity contribution < 1.29 is 4.79 Å². The Balaban J connectivity index is 2.04. The number of rotatable bonds is 5. The molecule has 1 amide bonds. The van der Waals surface area contributed by atoms with Crippen molar-refractivity contribution in [3.8, 4) is 0 Å². The van der Waals surface area contributed by atoms with Gasteiger partial charge in [0.2, 0.25) is 0 Å². The van der Waals surface area contributed by atoms with Gasteiger partial charge in [-0.2, -0.15) is 5.10 Å². The third kappa shape index (κ3) is 3.09. The lowest BCUT2D eigenvalue weighted by Gasteiger charge is -2.05. The SMILES string of the molecule is CCc1nn(C)cc1CNC(=O)c1cncc(NN)n1. The van der Waals surface area contributed by atoms with Crippen LogP contribution in [0.2, 0.25) is 0 Å². The van der Waals surface area contributed by atoms with Gasteiger partial charge in [-0.1, -0.05) is 6.92 Å². The molecule has 8 heteroatoms. The molecule has 0 saturated heterocycles. The van der Waals surface area contributed by atoms with Crippen molar-refractivity contribution in [3.05, 3.63) is 35.5 Å². The van der Waals surface area contributed by atoms with E-state index in [0.29, 0.717) is 12.4 Å². The molecule has 0 aliphatic heterocycles. The second kappa shape index (κ2) is 6.11. The van der Waals surface area contributed by atoms with Crippen LogP contribution in [0.15, 0.2) is 18.6 Å². The zero-order chi connectivity index (χ0) is 14.5. The van der Waals surface area contributed by atoms with Gasteiger partial charge >= 0.3 is 0 Å². The Hall–Kier alpha value is -2.48. The van der Waals surface area contributed by atoms with Gasteiger partial charge in [-0.25, -0.2) is 10.8 Å². The lowest BCUT2D eigenvalue weighted by molar-refractivity contribution is 0.0945. The highest BCUT2D eigenvalue weighted by atomic mass is 16.1. The van der Waals surface area contributed by atoms with Crippen molar-refractivity contribution in [1.29, 1.82) is 0 Å². The Morgan fingerprint density at radius 3 is 2.95 bits per heavy atom. The predicted molar refractivity (Wildman–Crippen MR) is 73.6 cm³/mol. The zero-order valence-electron chi connectivity index (χ0n) is 11.4. The summed E-state index contributed by atoms with van der Waals surface area (Å²) < 4.78 is 1.74. The van der Waals surface area contributed by atoms with Gasteiger partial charge in [0.1, 0.15) is 5.69 Å². The Bertz CT molecular complexity index is 608. The first-order chi connectivity index (χ1) is 9.63. The molecule has 0 saturated carbocycles. The number of hydrogen-bond acceptors (Lipinski definition) is 6. The molecule has 2 aromatic heterocycles. The monoisotopic (exact) mass is 275 g/mol. The number of nitrogen functional groups attached to an aromatic ring is 1. The molecule has 20 heavy (non-hydrogen) atoms. The van der Waals surface area contributed by atoms with E-state index >= 15 is 0 Å². The van der Waals surface area contributed by atoms with E-state index in [0.717, 1.165) is 17.7 Å². The molecular weight excluding hydrogens is 258 g/mol. The molecule has 0 aliphatic rings. The number of aryl methyl sites for hydroxylation is 2. The fourth-order valence-electron chi connectivity index (χ4n) is 1.84. The number of hydrogen-bond donors (Lipinski definition) is 3. The van der Waals surface area contributed by atoms with Gasteiger partial charge in [0.05, 0.1) is 18.1 Å². The largest absolute Gasteiger partial charge is 0.346 e. The number of carbonyl (C=O) groups excluding carboxylic acids is 1. The molecule has 0 unspecified atom stereocenters. The number of aromatic nitrogens is 4. The number of amides is 1. The van der Waals surface area contributed by atoms with Crippen LogP contribution < -0.4 is 16.6 Å². The average molecular weight is 275 g/mol. The molecule has 2 rings (SSSR count). The Morgan fingerprint density at radius 1 is 1.45 bits per heavy atom. The third-order valence-corrected chi connectivity index (χ3v) is 2.78. The Labute approximate surface area is 116 Å². The molecule has 8 nitrogen and oxygen atoms in total. The minimum Gasteiger partial charge on any atom is -0.346 e. The topological polar surface area (TPSA) is 111 Å². The molecule has 0 spiro atoms. The van der Waals surface area contributed by atoms with Gasteiger partial charge in [-0.05, 0) is 6.42 Å². The second-order valence-electron chi connectivity index (χ2n) is 4.24. The van der Waals surface area contributed by atoms with E-state index in [1.54, 1.807) is 4.68 Å². The van der Waals surface area contributed by atoms with Gasteiger partial charge in [-0.3, -0.25) is 14.5 Å². The highest BCUT2D eigenvalue weighted by molar-refractivity contribution is 5.92. The third-order valence-electron chi connectivity index (χ3n) is 2.78. The van der Waals surface area contributed by atoms with Crippen LogP contribution in [0.4, 0.5) is 5.82 Å². The number of nitrogens with zero attached hydrogens (tertiary/aromatic N) is 4. The summed E-state index contributed by atoms with van der Waals surface area (Å²) in [7, 11) is 1.85. The van der Waals surface area contributed by atoms with E-state index in [9.17, 15) is 4.79 Å². The molecule has 0 atom stereocenters. The number of anilines is 1. The molecule has 4 N–H and O–H groups in total. The van der Waals surface area contributed by atoms with Gasteiger partial charge in [-0.15, -0.1) is 0 Å². The predicted octanol–water partition coefficient (Wildman–Crippen LogP) is -0.0119. The maximum absolute atomic E-state index is 12.0. The van der Waals surface area contributed by atoms with Crippen LogP contribution in [0.3, 0.4) is 0 Å². The fourth-order valence-corrected chi connectivity index (χ4v) is 1.84. The van der Waals surface area contributed by atoms with Gasteiger partial charge < -0.3 is 10.7 Å². The zero-order valence-corrected chi connectivity index (χ0v) is 11.4. The van der Waals surface area contributed by atoms with Crippen molar-refractivity contribution in [2.45, 2.75) is 19.9 Å². The van der Waals surface area contributed by atoms with Gasteiger partial charge in [0.25, 0.3) is 5.91 Å². The lowest BCUT2D eigenvalue weighted by atomic mass is 10.2. The standard InChI is InChI=1S/C12H17N7O/c1-3-9-8(7-19(2)18-9)4-15-12(20)10-5-14-6-11(16-10)17-13/h5-7H,3-4,13H2,1-2H3,(H,15,20)(H,16,17). The van der Waals surface area contributed by atoms with Crippen LogP contribution in [0.1, 0.15) is 28.7 Å². The summed E-state index contributed by atoms with van der Waals surface area (Å²) in [6.07, 6.45) is 5.54. The molecule has 2 aromatic rings. The normalized spacial score (nSPS) is 10.3. The van der Waals surface area contributed by atoms with Crippen LogP contribution in [-0.2, 0) is 20.0 Å². The van der Waals surface area contributed by atoms with Crippen LogP contribution in [0.25, 0.3) is 0 Å². The van der Waals surface area contributed by atoms with Gasteiger partial charge in [0.15, 0.2) is 5.82 Å². The quantitative estimate of drug-likeness (QED) is 0.523. The Morgan fingerprint density at radius 2 is 2.25 bits per heavy atom. The summed E-state index contributed by atoms with van der Waals surface area (Å²) >= 11 is 0. The molecule has 0 fully saturated rings. The van der Waals surface area contributed by atoms with Gasteiger partial charge in [0, 0.05) is 25.4 Å². The minimum atomic E-state index is -0.305. The lowest BCUT2D eigenvalue weighted by Crippen LogP contribution is -2.25. The second-order valence-corrected chi connectivity index (χ2v) is 4.24. The molecule has 106 valence electrons. The molecule has 0 bridgehead atoms. The summed E-state index contributed by atoms with van der Waals surface area (Å²) in [5.41, 5.74) is 4.52. The molecule has 0 aliphatic carbocycles. The van der Waals surface area contributed by atoms with Crippen molar-refractivity contribution in [2.24, 2.45) is 12.9 Å². The highest BCUT2D eigenvalue weighted by Gasteiger charge is 2.11. The minimum absolute atomic E-state index is 0.211. The van der Waals surface area contributed by atoms with Crippen molar-refractivity contribution in [1.82, 2.24) is 25.1 Å². The smallest absolute Gasteiger partial charge is 0.271 e. The average Bonchev–Trinajstić information content (AvgIpc) is 2.85. The van der Waals surface area contributed by atoms with E-state index in [-0.39, 0.29) is 11.6 Å². The van der Waals surface area contributed by atoms with E-state index < -0.39 is 0 Å². The summed E-state index contributed by atoms with van der Waals surface area (Å²) in [6, 6.07) is 0. The first-order valence-electron chi connectivity index (χ1n) is 6.22. The van der Waals surface area contributed by atoms with E-state index in [1.165, 1.54) is 12.4 Å². The van der Waals surface area contributed by atoms with Crippen molar-refractivity contribution in [3.63, 3.8) is 0 Å². The molecule has 0 aromatic carbocycles. The number of nitrogens with one attached hydrogen (secondary N) is 2. The van der Waals surface area contributed by atoms with E-state index in [2.05, 4.69) is 25.8 Å². The maximum Gasteiger partial charge on any atom is 0.271 e. The molecular formula is C12H17N7O. The first-order valence-corrected chi connectivity index (χ1v) is 6.22. The van der Waals surface area contributed by atoms with Crippen LogP contribution in [-0.4, -0.2) is 25.7 Å². The number of carbonyl (C=O) groups is 1. The van der Waals surface area contributed by atoms with Crippen LogP contribution in [0, 0.1) is 0 Å². The number of nitrogens with two attached hydrogens (primary N) is 1. The summed E-state index contributed by atoms with van der Waals surface area (Å²) in [5.74, 6) is 5.27. The fraction of sp³-hybridized carbons (Fsp3) is 0.333. The van der Waals surface area contributed by atoms with Crippen molar-refractivity contribution >= 4 is 11.7 Å². The van der Waals surface area contributed by atoms with Crippen molar-refractivity contribution in [2.75, 3.05) is 5.43 Å². The molecule has 2 heterocycles. The highest BCUT2D eigenvalue weighted by Crippen LogP contribution is 2.07. The van der Waals surface area contributed by atoms with Crippen LogP contribution >= 0.6 is 0 Å². The maximum atomic E-state index is 12.0. The van der Waals surface area contributed by atoms with E-state index in [1.807, 2.05) is 20.2 Å².